The third kappa shape index (κ3) is 2.16. The van der Waals surface area contributed by atoms with Crippen LogP contribution in [0.5, 0.6) is 0 Å². The van der Waals surface area contributed by atoms with E-state index in [-0.39, 0.29) is 11.3 Å². The van der Waals surface area contributed by atoms with E-state index < -0.39 is 30.7 Å². The minimum absolute atomic E-state index is 0.158. The summed E-state index contributed by atoms with van der Waals surface area (Å²) in [5, 5.41) is 0. The monoisotopic (exact) mass is 348 g/mol. The Morgan fingerprint density at radius 2 is 1.67 bits per heavy atom. The molecular formula is C13H23F3O3S2. The first-order valence-corrected chi connectivity index (χ1v) is 10.7. The predicted octanol–water partition coefficient (Wildman–Crippen LogP) is 4.05. The smallest absolute Gasteiger partial charge is 0.213 e. The van der Waals surface area contributed by atoms with Crippen LogP contribution in [0, 0.1) is 17.3 Å². The topological polar surface area (TPSA) is 43.4 Å². The summed E-state index contributed by atoms with van der Waals surface area (Å²) in [6.45, 7) is 6.08. The molecule has 0 heterocycles. The molecule has 0 saturated heterocycles. The molecule has 3 atom stereocenters. The number of hydrogen-bond acceptors (Lipinski definition) is 3. The van der Waals surface area contributed by atoms with Crippen LogP contribution >= 0.6 is 10.3 Å². The highest BCUT2D eigenvalue weighted by atomic mass is 32.3. The zero-order valence-corrected chi connectivity index (χ0v) is 14.6. The molecule has 21 heavy (non-hydrogen) atoms. The van der Waals surface area contributed by atoms with Gasteiger partial charge in [-0.25, -0.2) is 3.63 Å². The van der Waals surface area contributed by atoms with E-state index >= 15 is 0 Å². The molecule has 2 bridgehead atoms. The van der Waals surface area contributed by atoms with Gasteiger partial charge in [0.25, 0.3) is 0 Å². The van der Waals surface area contributed by atoms with Crippen LogP contribution in [0.2, 0.25) is 0 Å². The molecular weight excluding hydrogens is 325 g/mol. The van der Waals surface area contributed by atoms with Crippen molar-refractivity contribution < 1.29 is 25.2 Å². The van der Waals surface area contributed by atoms with Crippen molar-refractivity contribution in [1.82, 2.24) is 0 Å². The molecule has 3 nitrogen and oxygen atoms in total. The van der Waals surface area contributed by atoms with E-state index in [1.807, 2.05) is 20.8 Å². The highest BCUT2D eigenvalue weighted by Crippen LogP contribution is 2.79. The quantitative estimate of drug-likeness (QED) is 0.723. The summed E-state index contributed by atoms with van der Waals surface area (Å²) in [4.78, 5) is 0. The Hall–Kier alpha value is 0.0500. The molecule has 0 aromatic heterocycles. The summed E-state index contributed by atoms with van der Waals surface area (Å²) in [5.41, 5.74) is -5.55. The summed E-state index contributed by atoms with van der Waals surface area (Å²) < 4.78 is 65.2. The minimum Gasteiger partial charge on any atom is -0.213 e. The largest absolute Gasteiger partial charge is 0.523 e. The molecule has 3 unspecified atom stereocenters. The Bertz CT molecular complexity index is 539. The van der Waals surface area contributed by atoms with Crippen LogP contribution in [0.15, 0.2) is 0 Å². The maximum Gasteiger partial charge on any atom is 0.523 e. The van der Waals surface area contributed by atoms with Gasteiger partial charge < -0.3 is 0 Å². The lowest BCUT2D eigenvalue weighted by atomic mass is 9.45. The maximum absolute atomic E-state index is 12.7. The van der Waals surface area contributed by atoms with E-state index in [4.69, 9.17) is 3.63 Å². The van der Waals surface area contributed by atoms with Gasteiger partial charge in [-0.1, -0.05) is 20.8 Å². The fraction of sp³-hybridized carbons (Fsp3) is 1.00. The fourth-order valence-electron chi connectivity index (χ4n) is 4.72. The predicted molar refractivity (Wildman–Crippen MR) is 78.5 cm³/mol. The molecule has 3 fully saturated rings. The summed E-state index contributed by atoms with van der Waals surface area (Å²) in [6.07, 6.45) is 5.86. The molecule has 3 aliphatic carbocycles. The lowest BCUT2D eigenvalue weighted by molar-refractivity contribution is -0.0756. The van der Waals surface area contributed by atoms with Crippen molar-refractivity contribution in [3.8, 4) is 0 Å². The summed E-state index contributed by atoms with van der Waals surface area (Å²) >= 11 is 0. The molecule has 8 heteroatoms. The van der Waals surface area contributed by atoms with Gasteiger partial charge in [-0.2, -0.15) is 21.6 Å². The molecule has 3 rings (SSSR count). The number of alkyl halides is 3. The molecule has 3 saturated carbocycles. The van der Waals surface area contributed by atoms with Gasteiger partial charge in [0.1, 0.15) is 0 Å². The fourth-order valence-corrected chi connectivity index (χ4v) is 10.4. The molecule has 0 spiro atoms. The van der Waals surface area contributed by atoms with E-state index in [1.165, 1.54) is 0 Å². The Morgan fingerprint density at radius 3 is 2.05 bits per heavy atom. The van der Waals surface area contributed by atoms with Gasteiger partial charge in [-0.3, -0.25) is 0 Å². The van der Waals surface area contributed by atoms with Crippen LogP contribution in [0.1, 0.15) is 40.0 Å². The van der Waals surface area contributed by atoms with Crippen LogP contribution in [0.25, 0.3) is 0 Å². The lowest BCUT2D eigenvalue weighted by Crippen LogP contribution is -2.69. The van der Waals surface area contributed by atoms with Crippen molar-refractivity contribution in [1.29, 1.82) is 0 Å². The van der Waals surface area contributed by atoms with E-state index in [1.54, 1.807) is 12.5 Å². The second-order valence-corrected chi connectivity index (χ2v) is 12.3. The van der Waals surface area contributed by atoms with Crippen molar-refractivity contribution in [3.05, 3.63) is 0 Å². The molecule has 0 radical (unpaired) electrons. The van der Waals surface area contributed by atoms with Gasteiger partial charge in [-0.05, 0) is 49.0 Å². The zero-order valence-electron chi connectivity index (χ0n) is 13.0. The summed E-state index contributed by atoms with van der Waals surface area (Å²) in [6, 6.07) is 0. The van der Waals surface area contributed by atoms with Gasteiger partial charge in [0.2, 0.25) is 0 Å². The molecule has 3 aliphatic rings. The zero-order chi connectivity index (χ0) is 16.5. The third-order valence-corrected chi connectivity index (χ3v) is 11.3. The molecule has 0 aliphatic heterocycles. The van der Waals surface area contributed by atoms with Gasteiger partial charge in [0.05, 0.1) is 0 Å². The third-order valence-electron chi connectivity index (χ3n) is 5.83. The molecule has 0 N–H and O–H groups in total. The Labute approximate surface area is 126 Å². The van der Waals surface area contributed by atoms with Crippen molar-refractivity contribution in [3.63, 3.8) is 0 Å². The first kappa shape index (κ1) is 17.4. The Morgan fingerprint density at radius 1 is 1.14 bits per heavy atom. The second kappa shape index (κ2) is 4.54. The SMILES string of the molecule is CC1CCC2CC1(S(C)(C)OS(=O)(=O)C(F)(F)F)C2(C)C. The molecule has 0 aromatic carbocycles. The van der Waals surface area contributed by atoms with E-state index in [0.717, 1.165) is 19.3 Å². The second-order valence-electron chi connectivity index (χ2n) is 7.19. The average Bonchev–Trinajstić information content (AvgIpc) is 2.24. The van der Waals surface area contributed by atoms with Crippen molar-refractivity contribution in [2.45, 2.75) is 50.3 Å². The van der Waals surface area contributed by atoms with Crippen LogP contribution in [-0.2, 0) is 13.7 Å². The maximum atomic E-state index is 12.7. The summed E-state index contributed by atoms with van der Waals surface area (Å²) in [5.74, 6) is 0.601. The van der Waals surface area contributed by atoms with Gasteiger partial charge in [0.15, 0.2) is 0 Å². The van der Waals surface area contributed by atoms with Gasteiger partial charge in [-0.15, -0.1) is 10.3 Å². The van der Waals surface area contributed by atoms with Gasteiger partial charge >= 0.3 is 15.6 Å². The highest BCUT2D eigenvalue weighted by Gasteiger charge is 2.70. The van der Waals surface area contributed by atoms with Crippen LogP contribution < -0.4 is 0 Å². The normalized spacial score (nSPS) is 37.0. The van der Waals surface area contributed by atoms with E-state index in [9.17, 15) is 21.6 Å². The highest BCUT2D eigenvalue weighted by molar-refractivity contribution is 8.33. The average molecular weight is 348 g/mol. The Balaban J connectivity index is 2.40. The number of rotatable bonds is 3. The number of fused-ring (bicyclic) bond motifs is 2. The van der Waals surface area contributed by atoms with Crippen molar-refractivity contribution in [2.24, 2.45) is 17.3 Å². The first-order valence-electron chi connectivity index (χ1n) is 6.94. The van der Waals surface area contributed by atoms with E-state index in [2.05, 4.69) is 0 Å². The lowest BCUT2D eigenvalue weighted by Gasteiger charge is -2.74. The minimum atomic E-state index is -5.55. The number of hydrogen-bond donors (Lipinski definition) is 0. The van der Waals surface area contributed by atoms with Crippen LogP contribution in [0.3, 0.4) is 0 Å². The Kier molecular flexibility index (Phi) is 3.76. The van der Waals surface area contributed by atoms with Crippen molar-refractivity contribution in [2.75, 3.05) is 12.5 Å². The van der Waals surface area contributed by atoms with Crippen molar-refractivity contribution >= 4 is 20.4 Å². The number of halogens is 3. The molecule has 0 aromatic rings. The first-order chi connectivity index (χ1) is 9.19. The van der Waals surface area contributed by atoms with Crippen LogP contribution in [-0.4, -0.2) is 31.2 Å². The van der Waals surface area contributed by atoms with Crippen LogP contribution in [0.4, 0.5) is 13.2 Å². The molecule has 126 valence electrons. The van der Waals surface area contributed by atoms with Gasteiger partial charge in [0, 0.05) is 4.75 Å². The summed E-state index contributed by atoms with van der Waals surface area (Å²) in [7, 11) is -7.98. The molecule has 0 amide bonds. The van der Waals surface area contributed by atoms with E-state index in [0.29, 0.717) is 5.92 Å². The standard InChI is InChI=1S/C13H23F3O3S2/c1-9-6-7-10-8-12(9,11(10,2)3)20(4,5)19-21(17,18)13(14,15)16/h9-10H,6-8H2,1-5H3.